The van der Waals surface area contributed by atoms with Crippen LogP contribution in [0.15, 0.2) is 65.7 Å². The quantitative estimate of drug-likeness (QED) is 0.451. The number of benzene rings is 2. The monoisotopic (exact) mass is 322 g/mol. The second kappa shape index (κ2) is 8.25. The molecule has 2 rings (SSSR count). The number of rotatable bonds is 6. The first-order valence-corrected chi connectivity index (χ1v) is 8.05. The highest BCUT2D eigenvalue weighted by molar-refractivity contribution is 6.08. The molecule has 0 N–H and O–H groups in total. The fourth-order valence-corrected chi connectivity index (χ4v) is 2.38. The number of esters is 1. The van der Waals surface area contributed by atoms with Crippen LogP contribution in [0.25, 0.3) is 0 Å². The minimum atomic E-state index is -0.272. The number of allylic oxidation sites excluding steroid dienone is 1. The molecule has 0 radical (unpaired) electrons. The van der Waals surface area contributed by atoms with E-state index in [0.29, 0.717) is 29.7 Å². The zero-order chi connectivity index (χ0) is 17.5. The lowest BCUT2D eigenvalue weighted by Gasteiger charge is -2.08. The molecule has 2 aromatic carbocycles. The summed E-state index contributed by atoms with van der Waals surface area (Å²) in [5.41, 5.74) is 4.01. The minimum Gasteiger partial charge on any atom is -0.463 e. The summed E-state index contributed by atoms with van der Waals surface area (Å²) in [6, 6.07) is 16.7. The molecule has 0 saturated carbocycles. The van der Waals surface area contributed by atoms with E-state index in [-0.39, 0.29) is 11.8 Å². The number of hydrogen-bond donors (Lipinski definition) is 0. The molecule has 0 aliphatic heterocycles. The zero-order valence-electron chi connectivity index (χ0n) is 14.3. The third-order valence-corrected chi connectivity index (χ3v) is 3.94. The molecule has 0 bridgehead atoms. The van der Waals surface area contributed by atoms with Crippen molar-refractivity contribution in [2.75, 3.05) is 6.61 Å². The molecule has 0 saturated heterocycles. The van der Waals surface area contributed by atoms with Crippen LogP contribution >= 0.6 is 0 Å². The van der Waals surface area contributed by atoms with E-state index in [1.807, 2.05) is 61.5 Å². The number of carbonyl (C=O) groups is 2. The Hall–Kier alpha value is -2.68. The van der Waals surface area contributed by atoms with Gasteiger partial charge < -0.3 is 4.74 Å². The molecule has 0 atom stereocenters. The molecule has 3 heteroatoms. The van der Waals surface area contributed by atoms with Crippen molar-refractivity contribution in [3.8, 4) is 0 Å². The normalized spacial score (nSPS) is 11.6. The maximum absolute atomic E-state index is 12.4. The Morgan fingerprint density at radius 3 is 2.04 bits per heavy atom. The van der Waals surface area contributed by atoms with Crippen molar-refractivity contribution in [2.24, 2.45) is 0 Å². The van der Waals surface area contributed by atoms with Gasteiger partial charge in [-0.25, -0.2) is 4.79 Å². The van der Waals surface area contributed by atoms with Crippen molar-refractivity contribution in [1.29, 1.82) is 0 Å². The first kappa shape index (κ1) is 17.7. The molecule has 3 nitrogen and oxygen atoms in total. The Balaban J connectivity index is 2.11. The lowest BCUT2D eigenvalue weighted by atomic mass is 9.98. The average molecular weight is 322 g/mol. The summed E-state index contributed by atoms with van der Waals surface area (Å²) in [6.07, 6.45) is 0.657. The standard InChI is InChI=1S/C21H22O3/c1-4-24-21(23)16(3)15(2)14-17-10-12-19(13-11-17)20(22)18-8-6-5-7-9-18/h5-13H,4,14H2,1-3H3. The van der Waals surface area contributed by atoms with Gasteiger partial charge in [-0.3, -0.25) is 4.79 Å². The summed E-state index contributed by atoms with van der Waals surface area (Å²) >= 11 is 0. The van der Waals surface area contributed by atoms with Crippen LogP contribution in [-0.4, -0.2) is 18.4 Å². The number of ketones is 1. The van der Waals surface area contributed by atoms with Gasteiger partial charge in [-0.05, 0) is 32.8 Å². The number of carbonyl (C=O) groups excluding carboxylic acids is 2. The van der Waals surface area contributed by atoms with E-state index >= 15 is 0 Å². The van der Waals surface area contributed by atoms with E-state index in [4.69, 9.17) is 4.74 Å². The fraction of sp³-hybridized carbons (Fsp3) is 0.238. The summed E-state index contributed by atoms with van der Waals surface area (Å²) in [4.78, 5) is 24.1. The molecule has 2 aromatic rings. The predicted molar refractivity (Wildman–Crippen MR) is 95.0 cm³/mol. The maximum atomic E-state index is 12.4. The van der Waals surface area contributed by atoms with Crippen molar-refractivity contribution in [3.63, 3.8) is 0 Å². The highest BCUT2D eigenvalue weighted by Gasteiger charge is 2.11. The van der Waals surface area contributed by atoms with Gasteiger partial charge in [0.1, 0.15) is 0 Å². The molecular formula is C21H22O3. The van der Waals surface area contributed by atoms with Crippen molar-refractivity contribution < 1.29 is 14.3 Å². The topological polar surface area (TPSA) is 43.4 Å². The highest BCUT2D eigenvalue weighted by atomic mass is 16.5. The number of ether oxygens (including phenoxy) is 1. The molecule has 0 aliphatic carbocycles. The Labute approximate surface area is 143 Å². The zero-order valence-corrected chi connectivity index (χ0v) is 14.3. The summed E-state index contributed by atoms with van der Waals surface area (Å²) in [7, 11) is 0. The van der Waals surface area contributed by atoms with Gasteiger partial charge in [0.25, 0.3) is 0 Å². The van der Waals surface area contributed by atoms with Crippen LogP contribution in [0, 0.1) is 0 Å². The van der Waals surface area contributed by atoms with E-state index in [0.717, 1.165) is 11.1 Å². The summed E-state index contributed by atoms with van der Waals surface area (Å²) in [6.45, 7) is 5.87. The van der Waals surface area contributed by atoms with Crippen LogP contribution < -0.4 is 0 Å². The summed E-state index contributed by atoms with van der Waals surface area (Å²) in [5.74, 6) is -0.261. The van der Waals surface area contributed by atoms with E-state index in [1.54, 1.807) is 13.8 Å². The molecular weight excluding hydrogens is 300 g/mol. The van der Waals surface area contributed by atoms with E-state index in [2.05, 4.69) is 0 Å². The van der Waals surface area contributed by atoms with Gasteiger partial charge in [-0.15, -0.1) is 0 Å². The molecule has 0 spiro atoms. The molecule has 0 amide bonds. The van der Waals surface area contributed by atoms with Gasteiger partial charge in [0.2, 0.25) is 0 Å². The highest BCUT2D eigenvalue weighted by Crippen LogP contribution is 2.16. The third kappa shape index (κ3) is 4.42. The third-order valence-electron chi connectivity index (χ3n) is 3.94. The van der Waals surface area contributed by atoms with Crippen molar-refractivity contribution in [1.82, 2.24) is 0 Å². The second-order valence-electron chi connectivity index (χ2n) is 5.69. The second-order valence-corrected chi connectivity index (χ2v) is 5.69. The molecule has 124 valence electrons. The molecule has 0 fully saturated rings. The molecule has 0 unspecified atom stereocenters. The predicted octanol–water partition coefficient (Wildman–Crippen LogP) is 4.36. The van der Waals surface area contributed by atoms with Crippen LogP contribution in [0.4, 0.5) is 0 Å². The van der Waals surface area contributed by atoms with Gasteiger partial charge in [-0.2, -0.15) is 0 Å². The van der Waals surface area contributed by atoms with Crippen molar-refractivity contribution in [2.45, 2.75) is 27.2 Å². The fourth-order valence-electron chi connectivity index (χ4n) is 2.38. The van der Waals surface area contributed by atoms with Crippen molar-refractivity contribution >= 4 is 11.8 Å². The largest absolute Gasteiger partial charge is 0.463 e. The first-order valence-electron chi connectivity index (χ1n) is 8.05. The Morgan fingerprint density at radius 2 is 1.46 bits per heavy atom. The van der Waals surface area contributed by atoms with E-state index in [1.165, 1.54) is 0 Å². The van der Waals surface area contributed by atoms with Gasteiger partial charge in [0.15, 0.2) is 5.78 Å². The lowest BCUT2D eigenvalue weighted by Crippen LogP contribution is -2.08. The van der Waals surface area contributed by atoms with E-state index < -0.39 is 0 Å². The van der Waals surface area contributed by atoms with Crippen LogP contribution in [-0.2, 0) is 16.0 Å². The van der Waals surface area contributed by atoms with Crippen LogP contribution in [0.2, 0.25) is 0 Å². The molecule has 0 heterocycles. The van der Waals surface area contributed by atoms with Gasteiger partial charge in [0.05, 0.1) is 6.61 Å². The van der Waals surface area contributed by atoms with Crippen molar-refractivity contribution in [3.05, 3.63) is 82.4 Å². The first-order chi connectivity index (χ1) is 11.5. The Kier molecular flexibility index (Phi) is 6.07. The summed E-state index contributed by atoms with van der Waals surface area (Å²) < 4.78 is 5.02. The van der Waals surface area contributed by atoms with Gasteiger partial charge >= 0.3 is 5.97 Å². The molecule has 0 aliphatic rings. The smallest absolute Gasteiger partial charge is 0.333 e. The van der Waals surface area contributed by atoms with Gasteiger partial charge in [-0.1, -0.05) is 60.2 Å². The lowest BCUT2D eigenvalue weighted by molar-refractivity contribution is -0.138. The molecule has 0 aromatic heterocycles. The summed E-state index contributed by atoms with van der Waals surface area (Å²) in [5, 5.41) is 0. The SMILES string of the molecule is CCOC(=O)C(C)=C(C)Cc1ccc(C(=O)c2ccccc2)cc1. The van der Waals surface area contributed by atoms with Gasteiger partial charge in [0, 0.05) is 16.7 Å². The number of hydrogen-bond acceptors (Lipinski definition) is 3. The average Bonchev–Trinajstić information content (AvgIpc) is 2.62. The van der Waals surface area contributed by atoms with E-state index in [9.17, 15) is 9.59 Å². The van der Waals surface area contributed by atoms with Crippen LogP contribution in [0.1, 0.15) is 42.3 Å². The Bertz CT molecular complexity index is 740. The maximum Gasteiger partial charge on any atom is 0.333 e. The minimum absolute atomic E-state index is 0.0112. The van der Waals surface area contributed by atoms with Crippen LogP contribution in [0.5, 0.6) is 0 Å². The molecule has 24 heavy (non-hydrogen) atoms. The van der Waals surface area contributed by atoms with Crippen LogP contribution in [0.3, 0.4) is 0 Å². The Morgan fingerprint density at radius 1 is 0.875 bits per heavy atom.